The SMILES string of the molecule is CC(=O)CCC=C(C)CCC=C(C)CC(=O)C=C(C)C. The lowest BCUT2D eigenvalue weighted by Crippen LogP contribution is -1.94. The predicted molar refractivity (Wildman–Crippen MR) is 85.7 cm³/mol. The molecule has 0 aliphatic rings. The second-order valence-corrected chi connectivity index (χ2v) is 5.75. The van der Waals surface area contributed by atoms with Crippen LogP contribution in [0.4, 0.5) is 0 Å². The van der Waals surface area contributed by atoms with E-state index in [1.807, 2.05) is 20.8 Å². The average Bonchev–Trinajstić information content (AvgIpc) is 2.26. The Labute approximate surface area is 123 Å². The van der Waals surface area contributed by atoms with Crippen LogP contribution in [0.3, 0.4) is 0 Å². The molecule has 0 heterocycles. The highest BCUT2D eigenvalue weighted by Gasteiger charge is 1.99. The standard InChI is InChI=1S/C18H28O2/c1-14(2)12-18(20)13-16(4)10-6-8-15(3)9-7-11-17(5)19/h9-10,12H,6-8,11,13H2,1-5H3. The van der Waals surface area contributed by atoms with Gasteiger partial charge < -0.3 is 4.79 Å². The topological polar surface area (TPSA) is 34.1 Å². The molecule has 0 bridgehead atoms. The summed E-state index contributed by atoms with van der Waals surface area (Å²) in [5, 5.41) is 0. The fourth-order valence-electron chi connectivity index (χ4n) is 1.89. The Morgan fingerprint density at radius 2 is 1.35 bits per heavy atom. The number of carbonyl (C=O) groups is 2. The molecular formula is C18H28O2. The maximum Gasteiger partial charge on any atom is 0.159 e. The summed E-state index contributed by atoms with van der Waals surface area (Å²) in [5.74, 6) is 0.412. The Morgan fingerprint density at radius 1 is 0.800 bits per heavy atom. The lowest BCUT2D eigenvalue weighted by molar-refractivity contribution is -0.117. The highest BCUT2D eigenvalue weighted by Crippen LogP contribution is 2.11. The lowest BCUT2D eigenvalue weighted by Gasteiger charge is -2.01. The predicted octanol–water partition coefficient (Wildman–Crippen LogP) is 4.95. The Morgan fingerprint density at radius 3 is 1.90 bits per heavy atom. The van der Waals surface area contributed by atoms with Crippen molar-refractivity contribution in [2.45, 2.75) is 66.7 Å². The first-order valence-corrected chi connectivity index (χ1v) is 7.29. The van der Waals surface area contributed by atoms with Crippen LogP contribution < -0.4 is 0 Å². The van der Waals surface area contributed by atoms with Crippen molar-refractivity contribution in [3.8, 4) is 0 Å². The molecule has 0 rings (SSSR count). The summed E-state index contributed by atoms with van der Waals surface area (Å²) < 4.78 is 0. The minimum absolute atomic E-state index is 0.174. The Bertz CT molecular complexity index is 419. The van der Waals surface area contributed by atoms with E-state index in [4.69, 9.17) is 0 Å². The van der Waals surface area contributed by atoms with Crippen LogP contribution in [-0.2, 0) is 9.59 Å². The molecule has 20 heavy (non-hydrogen) atoms. The van der Waals surface area contributed by atoms with E-state index in [0.717, 1.165) is 30.4 Å². The summed E-state index contributed by atoms with van der Waals surface area (Å²) >= 11 is 0. The zero-order valence-corrected chi connectivity index (χ0v) is 13.6. The van der Waals surface area contributed by atoms with Crippen molar-refractivity contribution in [3.63, 3.8) is 0 Å². The highest BCUT2D eigenvalue weighted by molar-refractivity contribution is 5.91. The lowest BCUT2D eigenvalue weighted by atomic mass is 10.0. The maximum atomic E-state index is 11.6. The van der Waals surface area contributed by atoms with Gasteiger partial charge in [0.2, 0.25) is 0 Å². The summed E-state index contributed by atoms with van der Waals surface area (Å²) in [7, 11) is 0. The minimum atomic E-state index is 0.174. The van der Waals surface area contributed by atoms with Gasteiger partial charge in [-0.3, -0.25) is 4.79 Å². The van der Waals surface area contributed by atoms with Crippen LogP contribution in [0.25, 0.3) is 0 Å². The molecule has 0 aliphatic carbocycles. The summed E-state index contributed by atoms with van der Waals surface area (Å²) in [6, 6.07) is 0. The van der Waals surface area contributed by atoms with Gasteiger partial charge in [0.05, 0.1) is 0 Å². The molecule has 0 aromatic carbocycles. The number of hydrogen-bond donors (Lipinski definition) is 0. The van der Waals surface area contributed by atoms with Gasteiger partial charge in [-0.15, -0.1) is 0 Å². The molecule has 0 fully saturated rings. The summed E-state index contributed by atoms with van der Waals surface area (Å²) in [6.45, 7) is 9.60. The molecule has 2 nitrogen and oxygen atoms in total. The second kappa shape index (κ2) is 10.4. The molecule has 0 aliphatic heterocycles. The number of hydrogen-bond acceptors (Lipinski definition) is 2. The second-order valence-electron chi connectivity index (χ2n) is 5.75. The summed E-state index contributed by atoms with van der Waals surface area (Å²) in [5.41, 5.74) is 3.49. The Balaban J connectivity index is 4.07. The molecule has 0 N–H and O–H groups in total. The van der Waals surface area contributed by atoms with E-state index >= 15 is 0 Å². The molecule has 0 atom stereocenters. The Kier molecular flexibility index (Phi) is 9.61. The molecule has 0 saturated carbocycles. The van der Waals surface area contributed by atoms with Gasteiger partial charge in [-0.05, 0) is 60.0 Å². The minimum Gasteiger partial charge on any atom is -0.300 e. The van der Waals surface area contributed by atoms with Crippen molar-refractivity contribution in [1.82, 2.24) is 0 Å². The zero-order chi connectivity index (χ0) is 15.5. The van der Waals surface area contributed by atoms with Crippen molar-refractivity contribution in [2.24, 2.45) is 0 Å². The van der Waals surface area contributed by atoms with Gasteiger partial charge in [0.1, 0.15) is 5.78 Å². The zero-order valence-electron chi connectivity index (χ0n) is 13.6. The smallest absolute Gasteiger partial charge is 0.159 e. The van der Waals surface area contributed by atoms with Gasteiger partial charge >= 0.3 is 0 Å². The quantitative estimate of drug-likeness (QED) is 0.441. The van der Waals surface area contributed by atoms with E-state index in [2.05, 4.69) is 19.1 Å². The van der Waals surface area contributed by atoms with Gasteiger partial charge in [0, 0.05) is 12.8 Å². The fraction of sp³-hybridized carbons (Fsp3) is 0.556. The summed E-state index contributed by atoms with van der Waals surface area (Å²) in [6.07, 6.45) is 9.90. The third-order valence-corrected chi connectivity index (χ3v) is 2.92. The maximum absolute atomic E-state index is 11.6. The third-order valence-electron chi connectivity index (χ3n) is 2.92. The first-order chi connectivity index (χ1) is 9.31. The van der Waals surface area contributed by atoms with Crippen molar-refractivity contribution < 1.29 is 9.59 Å². The van der Waals surface area contributed by atoms with Crippen LogP contribution in [-0.4, -0.2) is 11.6 Å². The van der Waals surface area contributed by atoms with Crippen molar-refractivity contribution in [3.05, 3.63) is 34.9 Å². The van der Waals surface area contributed by atoms with E-state index in [1.165, 1.54) is 5.57 Å². The molecule has 0 aromatic heterocycles. The van der Waals surface area contributed by atoms with Gasteiger partial charge in [-0.2, -0.15) is 0 Å². The molecule has 0 unspecified atom stereocenters. The van der Waals surface area contributed by atoms with Gasteiger partial charge in [-0.25, -0.2) is 0 Å². The number of Topliss-reactive ketones (excluding diaryl/α,β-unsaturated/α-hetero) is 1. The van der Waals surface area contributed by atoms with Gasteiger partial charge in [-0.1, -0.05) is 28.9 Å². The van der Waals surface area contributed by atoms with Crippen molar-refractivity contribution >= 4 is 11.6 Å². The van der Waals surface area contributed by atoms with Crippen LogP contribution >= 0.6 is 0 Å². The fourth-order valence-corrected chi connectivity index (χ4v) is 1.89. The number of rotatable bonds is 9. The van der Waals surface area contributed by atoms with E-state index < -0.39 is 0 Å². The average molecular weight is 276 g/mol. The first-order valence-electron chi connectivity index (χ1n) is 7.29. The van der Waals surface area contributed by atoms with Crippen LogP contribution in [0.2, 0.25) is 0 Å². The number of carbonyl (C=O) groups excluding carboxylic acids is 2. The highest BCUT2D eigenvalue weighted by atomic mass is 16.1. The monoisotopic (exact) mass is 276 g/mol. The largest absolute Gasteiger partial charge is 0.300 e. The molecule has 0 saturated heterocycles. The van der Waals surface area contributed by atoms with Crippen LogP contribution in [0.5, 0.6) is 0 Å². The molecule has 0 amide bonds. The number of ketones is 2. The normalized spacial score (nSPS) is 12.2. The summed E-state index contributed by atoms with van der Waals surface area (Å²) in [4.78, 5) is 22.4. The van der Waals surface area contributed by atoms with E-state index in [0.29, 0.717) is 12.8 Å². The molecule has 0 spiro atoms. The molecular weight excluding hydrogens is 248 g/mol. The van der Waals surface area contributed by atoms with E-state index in [1.54, 1.807) is 13.0 Å². The van der Waals surface area contributed by atoms with Crippen molar-refractivity contribution in [2.75, 3.05) is 0 Å². The van der Waals surface area contributed by atoms with Crippen LogP contribution in [0, 0.1) is 0 Å². The van der Waals surface area contributed by atoms with Crippen LogP contribution in [0.1, 0.15) is 66.7 Å². The Hall–Kier alpha value is -1.44. The van der Waals surface area contributed by atoms with Gasteiger partial charge in [0.15, 0.2) is 5.78 Å². The molecule has 0 aromatic rings. The third kappa shape index (κ3) is 11.6. The van der Waals surface area contributed by atoms with E-state index in [-0.39, 0.29) is 11.6 Å². The first kappa shape index (κ1) is 18.6. The van der Waals surface area contributed by atoms with Crippen molar-refractivity contribution in [1.29, 1.82) is 0 Å². The number of allylic oxidation sites excluding steroid dienone is 6. The molecule has 112 valence electrons. The van der Waals surface area contributed by atoms with E-state index in [9.17, 15) is 9.59 Å². The molecule has 2 heteroatoms. The van der Waals surface area contributed by atoms with Crippen LogP contribution in [0.15, 0.2) is 34.9 Å². The van der Waals surface area contributed by atoms with Gasteiger partial charge in [0.25, 0.3) is 0 Å². The molecule has 0 radical (unpaired) electrons.